The highest BCUT2D eigenvalue weighted by atomic mass is 16.5. The van der Waals surface area contributed by atoms with E-state index in [0.717, 1.165) is 34.0 Å². The molecule has 0 radical (unpaired) electrons. The Bertz CT molecular complexity index is 1050. The van der Waals surface area contributed by atoms with Gasteiger partial charge in [-0.25, -0.2) is 0 Å². The lowest BCUT2D eigenvalue weighted by molar-refractivity contribution is -0.132. The largest absolute Gasteiger partial charge is 0.497 e. The Labute approximate surface area is 194 Å². The summed E-state index contributed by atoms with van der Waals surface area (Å²) in [6, 6.07) is 13.6. The van der Waals surface area contributed by atoms with Gasteiger partial charge in [-0.2, -0.15) is 0 Å². The van der Waals surface area contributed by atoms with Gasteiger partial charge >= 0.3 is 0 Å². The summed E-state index contributed by atoms with van der Waals surface area (Å²) < 4.78 is 16.9. The standard InChI is InChI=1S/C25H30N4O4/c1-18-24(19(2)33-27-18)17-32-23-14-28(13-21-8-4-5-10-26-21)16-25(30)29(15-23)12-20-7-6-9-22(11-20)31-3/h4-11,23H,12-17H2,1-3H3. The Morgan fingerprint density at radius 1 is 1.12 bits per heavy atom. The number of rotatable bonds is 8. The molecule has 3 heterocycles. The van der Waals surface area contributed by atoms with Crippen molar-refractivity contribution in [3.8, 4) is 5.75 Å². The van der Waals surface area contributed by atoms with Gasteiger partial charge in [0, 0.05) is 37.9 Å². The van der Waals surface area contributed by atoms with Crippen molar-refractivity contribution in [3.63, 3.8) is 0 Å². The average molecular weight is 451 g/mol. The van der Waals surface area contributed by atoms with Crippen molar-refractivity contribution in [2.45, 2.75) is 39.6 Å². The molecule has 2 aromatic heterocycles. The Kier molecular flexibility index (Phi) is 7.36. The molecule has 0 bridgehead atoms. The lowest BCUT2D eigenvalue weighted by Crippen LogP contribution is -2.37. The predicted molar refractivity (Wildman–Crippen MR) is 122 cm³/mol. The fourth-order valence-electron chi connectivity index (χ4n) is 4.05. The second-order valence-electron chi connectivity index (χ2n) is 8.35. The van der Waals surface area contributed by atoms with Gasteiger partial charge < -0.3 is 18.9 Å². The molecule has 1 saturated heterocycles. The summed E-state index contributed by atoms with van der Waals surface area (Å²) in [5.41, 5.74) is 3.73. The van der Waals surface area contributed by atoms with Crippen LogP contribution in [0.1, 0.15) is 28.3 Å². The number of ether oxygens (including phenoxy) is 2. The van der Waals surface area contributed by atoms with E-state index in [1.165, 1.54) is 0 Å². The van der Waals surface area contributed by atoms with E-state index in [1.807, 2.05) is 61.2 Å². The Balaban J connectivity index is 1.51. The molecule has 3 aromatic rings. The molecule has 8 nitrogen and oxygen atoms in total. The fraction of sp³-hybridized carbons (Fsp3) is 0.400. The first-order valence-electron chi connectivity index (χ1n) is 11.1. The van der Waals surface area contributed by atoms with Gasteiger partial charge in [-0.1, -0.05) is 23.4 Å². The van der Waals surface area contributed by atoms with Crippen LogP contribution >= 0.6 is 0 Å². The zero-order valence-electron chi connectivity index (χ0n) is 19.4. The second kappa shape index (κ2) is 10.6. The highest BCUT2D eigenvalue weighted by Gasteiger charge is 2.29. The number of aryl methyl sites for hydroxylation is 2. The number of aromatic nitrogens is 2. The third kappa shape index (κ3) is 5.97. The number of carbonyl (C=O) groups is 1. The van der Waals surface area contributed by atoms with Gasteiger partial charge in [0.15, 0.2) is 0 Å². The molecule has 8 heteroatoms. The summed E-state index contributed by atoms with van der Waals surface area (Å²) >= 11 is 0. The minimum Gasteiger partial charge on any atom is -0.497 e. The molecular weight excluding hydrogens is 420 g/mol. The normalized spacial score (nSPS) is 17.2. The van der Waals surface area contributed by atoms with Crippen LogP contribution in [-0.4, -0.2) is 58.7 Å². The molecule has 1 unspecified atom stereocenters. The first kappa shape index (κ1) is 22.9. The SMILES string of the molecule is COc1cccc(CN2CC(OCc3c(C)noc3C)CN(Cc3ccccn3)CC2=O)c1. The average Bonchev–Trinajstić information content (AvgIpc) is 3.06. The van der Waals surface area contributed by atoms with Crippen molar-refractivity contribution < 1.29 is 18.8 Å². The number of amides is 1. The zero-order chi connectivity index (χ0) is 23.2. The van der Waals surface area contributed by atoms with Crippen LogP contribution in [0.5, 0.6) is 5.75 Å². The molecule has 0 aliphatic carbocycles. The maximum absolute atomic E-state index is 13.2. The van der Waals surface area contributed by atoms with Gasteiger partial charge in [0.1, 0.15) is 11.5 Å². The molecule has 1 atom stereocenters. The summed E-state index contributed by atoms with van der Waals surface area (Å²) in [6.45, 7) is 6.71. The summed E-state index contributed by atoms with van der Waals surface area (Å²) in [5, 5.41) is 4.02. The van der Waals surface area contributed by atoms with Gasteiger partial charge in [0.25, 0.3) is 0 Å². The molecule has 33 heavy (non-hydrogen) atoms. The smallest absolute Gasteiger partial charge is 0.237 e. The highest BCUT2D eigenvalue weighted by molar-refractivity contribution is 5.78. The number of hydrogen-bond acceptors (Lipinski definition) is 7. The second-order valence-corrected chi connectivity index (χ2v) is 8.35. The molecule has 1 aliphatic rings. The van der Waals surface area contributed by atoms with Gasteiger partial charge in [-0.3, -0.25) is 14.7 Å². The highest BCUT2D eigenvalue weighted by Crippen LogP contribution is 2.20. The number of nitrogens with zero attached hydrogens (tertiary/aromatic N) is 4. The van der Waals surface area contributed by atoms with Crippen molar-refractivity contribution in [2.24, 2.45) is 0 Å². The van der Waals surface area contributed by atoms with Crippen molar-refractivity contribution in [3.05, 3.63) is 76.9 Å². The molecule has 0 saturated carbocycles. The molecule has 174 valence electrons. The molecule has 1 aromatic carbocycles. The molecule has 4 rings (SSSR count). The Morgan fingerprint density at radius 2 is 2.00 bits per heavy atom. The molecule has 1 fully saturated rings. The fourth-order valence-corrected chi connectivity index (χ4v) is 4.05. The third-order valence-electron chi connectivity index (χ3n) is 5.86. The summed E-state index contributed by atoms with van der Waals surface area (Å²) in [4.78, 5) is 21.6. The van der Waals surface area contributed by atoms with Gasteiger partial charge in [0.05, 0.1) is 37.8 Å². The monoisotopic (exact) mass is 450 g/mol. The first-order chi connectivity index (χ1) is 16.0. The van der Waals surface area contributed by atoms with Crippen LogP contribution in [0.25, 0.3) is 0 Å². The minimum absolute atomic E-state index is 0.0668. The van der Waals surface area contributed by atoms with Crippen LogP contribution in [0.15, 0.2) is 53.2 Å². The van der Waals surface area contributed by atoms with Gasteiger partial charge in [0.2, 0.25) is 5.91 Å². The summed E-state index contributed by atoms with van der Waals surface area (Å²) in [7, 11) is 1.64. The van der Waals surface area contributed by atoms with Crippen LogP contribution < -0.4 is 4.74 Å². The molecule has 1 aliphatic heterocycles. The lowest BCUT2D eigenvalue weighted by Gasteiger charge is -2.25. The Morgan fingerprint density at radius 3 is 2.73 bits per heavy atom. The maximum atomic E-state index is 13.2. The van der Waals surface area contributed by atoms with Crippen LogP contribution in [0.3, 0.4) is 0 Å². The molecule has 0 N–H and O–H groups in total. The van der Waals surface area contributed by atoms with E-state index in [2.05, 4.69) is 15.0 Å². The van der Waals surface area contributed by atoms with Crippen molar-refractivity contribution >= 4 is 5.91 Å². The number of hydrogen-bond donors (Lipinski definition) is 0. The van der Waals surface area contributed by atoms with Crippen LogP contribution in [0.2, 0.25) is 0 Å². The van der Waals surface area contributed by atoms with Gasteiger partial charge in [-0.15, -0.1) is 0 Å². The van der Waals surface area contributed by atoms with Crippen molar-refractivity contribution in [1.82, 2.24) is 19.9 Å². The number of pyridine rings is 1. The van der Waals surface area contributed by atoms with E-state index in [4.69, 9.17) is 14.0 Å². The van der Waals surface area contributed by atoms with Crippen molar-refractivity contribution in [2.75, 3.05) is 26.7 Å². The van der Waals surface area contributed by atoms with E-state index in [-0.39, 0.29) is 12.0 Å². The summed E-state index contributed by atoms with van der Waals surface area (Å²) in [5.74, 6) is 1.60. The van der Waals surface area contributed by atoms with Crippen molar-refractivity contribution in [1.29, 1.82) is 0 Å². The van der Waals surface area contributed by atoms with E-state index < -0.39 is 0 Å². The maximum Gasteiger partial charge on any atom is 0.237 e. The van der Waals surface area contributed by atoms with Gasteiger partial charge in [-0.05, 0) is 43.7 Å². The van der Waals surface area contributed by atoms with E-state index >= 15 is 0 Å². The predicted octanol–water partition coefficient (Wildman–Crippen LogP) is 3.12. The molecule has 0 spiro atoms. The number of benzene rings is 1. The lowest BCUT2D eigenvalue weighted by atomic mass is 10.2. The minimum atomic E-state index is -0.167. The third-order valence-corrected chi connectivity index (χ3v) is 5.86. The number of methoxy groups -OCH3 is 1. The van der Waals surface area contributed by atoms with Crippen LogP contribution in [0.4, 0.5) is 0 Å². The van der Waals surface area contributed by atoms with E-state index in [0.29, 0.717) is 39.3 Å². The van der Waals surface area contributed by atoms with Crippen LogP contribution in [-0.2, 0) is 29.2 Å². The molecule has 1 amide bonds. The molecular formula is C25H30N4O4. The van der Waals surface area contributed by atoms with Crippen LogP contribution in [0, 0.1) is 13.8 Å². The Hall–Kier alpha value is -3.23. The first-order valence-corrected chi connectivity index (χ1v) is 11.1. The van der Waals surface area contributed by atoms with E-state index in [9.17, 15) is 4.79 Å². The quantitative estimate of drug-likeness (QED) is 0.522. The van der Waals surface area contributed by atoms with E-state index in [1.54, 1.807) is 13.3 Å². The number of carbonyl (C=O) groups excluding carboxylic acids is 1. The topological polar surface area (TPSA) is 80.9 Å². The summed E-state index contributed by atoms with van der Waals surface area (Å²) in [6.07, 6.45) is 1.61. The zero-order valence-corrected chi connectivity index (χ0v) is 19.4.